The van der Waals surface area contributed by atoms with E-state index in [2.05, 4.69) is 235 Å². The quantitative estimate of drug-likeness (QED) is 0.153. The summed E-state index contributed by atoms with van der Waals surface area (Å²) in [6, 6.07) is 84.6. The van der Waals surface area contributed by atoms with Gasteiger partial charge in [0.15, 0.2) is 0 Å². The summed E-state index contributed by atoms with van der Waals surface area (Å²) in [7, 11) is 0. The third-order valence-electron chi connectivity index (χ3n) is 11.7. The lowest BCUT2D eigenvalue weighted by Gasteiger charge is -2.26. The highest BCUT2D eigenvalue weighted by Gasteiger charge is 2.22. The maximum absolute atomic E-state index is 6.62. The first-order valence-corrected chi connectivity index (χ1v) is 20.5. The van der Waals surface area contributed by atoms with E-state index in [1.807, 2.05) is 6.07 Å². The minimum Gasteiger partial charge on any atom is -0.455 e. The van der Waals surface area contributed by atoms with Crippen LogP contribution in [-0.4, -0.2) is 0 Å². The van der Waals surface area contributed by atoms with Crippen molar-refractivity contribution in [1.29, 1.82) is 0 Å². The van der Waals surface area contributed by atoms with Crippen molar-refractivity contribution in [3.8, 4) is 55.6 Å². The monoisotopic (exact) mass is 765 g/mol. The fraction of sp³-hybridized carbons (Fsp3) is 0. The van der Waals surface area contributed by atoms with Crippen LogP contribution in [0, 0.1) is 0 Å². The van der Waals surface area contributed by atoms with Crippen molar-refractivity contribution in [2.24, 2.45) is 0 Å². The van der Waals surface area contributed by atoms with Crippen molar-refractivity contribution in [3.05, 3.63) is 237 Å². The summed E-state index contributed by atoms with van der Waals surface area (Å²) in [4.78, 5) is 2.34. The van der Waals surface area contributed by atoms with E-state index in [0.717, 1.165) is 55.5 Å². The number of nitrogens with zero attached hydrogens (tertiary/aromatic N) is 1. The van der Waals surface area contributed by atoms with E-state index < -0.39 is 0 Å². The number of hydrogen-bond acceptors (Lipinski definition) is 2. The van der Waals surface area contributed by atoms with Crippen LogP contribution >= 0.6 is 0 Å². The van der Waals surface area contributed by atoms with Gasteiger partial charge in [-0.1, -0.05) is 194 Å². The van der Waals surface area contributed by atoms with Crippen molar-refractivity contribution in [1.82, 2.24) is 0 Å². The van der Waals surface area contributed by atoms with Crippen LogP contribution in [-0.2, 0) is 0 Å². The van der Waals surface area contributed by atoms with Gasteiger partial charge in [-0.15, -0.1) is 0 Å². The average Bonchev–Trinajstić information content (AvgIpc) is 3.73. The molecule has 0 spiro atoms. The molecule has 0 bridgehead atoms. The summed E-state index contributed by atoms with van der Waals surface area (Å²) in [5.74, 6) is 0. The van der Waals surface area contributed by atoms with E-state index in [1.54, 1.807) is 0 Å². The zero-order valence-electron chi connectivity index (χ0n) is 32.9. The first-order valence-electron chi connectivity index (χ1n) is 20.5. The smallest absolute Gasteiger partial charge is 0.143 e. The van der Waals surface area contributed by atoms with Gasteiger partial charge in [0.1, 0.15) is 11.2 Å². The topological polar surface area (TPSA) is 16.4 Å². The Labute approximate surface area is 349 Å². The van der Waals surface area contributed by atoms with Gasteiger partial charge < -0.3 is 9.32 Å². The average molecular weight is 766 g/mol. The Balaban J connectivity index is 0.980. The van der Waals surface area contributed by atoms with Gasteiger partial charge in [-0.05, 0) is 97.9 Å². The third-order valence-corrected chi connectivity index (χ3v) is 11.7. The van der Waals surface area contributed by atoms with E-state index in [-0.39, 0.29) is 0 Å². The van der Waals surface area contributed by atoms with E-state index in [4.69, 9.17) is 4.42 Å². The highest BCUT2D eigenvalue weighted by molar-refractivity contribution is 6.26. The molecule has 282 valence electrons. The van der Waals surface area contributed by atoms with E-state index in [1.165, 1.54) is 49.9 Å². The van der Waals surface area contributed by atoms with Crippen molar-refractivity contribution >= 4 is 49.8 Å². The Morgan fingerprint density at radius 1 is 0.250 bits per heavy atom. The Hall–Kier alpha value is -7.94. The second kappa shape index (κ2) is 15.1. The molecule has 0 amide bonds. The van der Waals surface area contributed by atoms with Crippen LogP contribution in [0.3, 0.4) is 0 Å². The molecule has 0 radical (unpaired) electrons. The number of rotatable bonds is 8. The summed E-state index contributed by atoms with van der Waals surface area (Å²) in [6.45, 7) is 0. The molecule has 2 nitrogen and oxygen atoms in total. The summed E-state index contributed by atoms with van der Waals surface area (Å²) in [5, 5.41) is 4.57. The molecule has 0 saturated heterocycles. The SMILES string of the molecule is c1ccc(-c2ccc(N(c3ccc(-c4ccccc4)cc3)c3ccc(-c4ccc(-c5c(-c6ccccc6)c6c7ccccc7oc6c6ccccc56)cc4)cc3)cc2)cc1. The molecular weight excluding hydrogens is 727 g/mol. The molecule has 0 aliphatic carbocycles. The lowest BCUT2D eigenvalue weighted by Crippen LogP contribution is -2.09. The van der Waals surface area contributed by atoms with Gasteiger partial charge in [0.2, 0.25) is 0 Å². The molecule has 0 unspecified atom stereocenters. The van der Waals surface area contributed by atoms with Gasteiger partial charge in [0.05, 0.1) is 0 Å². The fourth-order valence-electron chi connectivity index (χ4n) is 8.78. The Morgan fingerprint density at radius 2 is 0.583 bits per heavy atom. The first-order chi connectivity index (χ1) is 29.8. The van der Waals surface area contributed by atoms with Crippen molar-refractivity contribution in [3.63, 3.8) is 0 Å². The van der Waals surface area contributed by atoms with Gasteiger partial charge in [0.25, 0.3) is 0 Å². The molecule has 10 aromatic carbocycles. The number of anilines is 3. The molecule has 11 aromatic rings. The minimum atomic E-state index is 0.901. The number of para-hydroxylation sites is 1. The lowest BCUT2D eigenvalue weighted by atomic mass is 9.86. The predicted octanol–water partition coefficient (Wildman–Crippen LogP) is 16.5. The lowest BCUT2D eigenvalue weighted by molar-refractivity contribution is 0.673. The predicted molar refractivity (Wildman–Crippen MR) is 253 cm³/mol. The first kappa shape index (κ1) is 35.2. The molecule has 11 rings (SSSR count). The summed E-state index contributed by atoms with van der Waals surface area (Å²) in [5.41, 5.74) is 17.0. The number of benzene rings is 10. The summed E-state index contributed by atoms with van der Waals surface area (Å²) < 4.78 is 6.62. The van der Waals surface area contributed by atoms with Crippen molar-refractivity contribution < 1.29 is 4.42 Å². The van der Waals surface area contributed by atoms with E-state index in [0.29, 0.717) is 0 Å². The zero-order valence-corrected chi connectivity index (χ0v) is 32.9. The minimum absolute atomic E-state index is 0.901. The maximum atomic E-state index is 6.62. The Bertz CT molecular complexity index is 3160. The Morgan fingerprint density at radius 3 is 1.07 bits per heavy atom. The Kier molecular flexibility index (Phi) is 8.87. The highest BCUT2D eigenvalue weighted by atomic mass is 16.3. The van der Waals surface area contributed by atoms with Crippen LogP contribution in [0.2, 0.25) is 0 Å². The van der Waals surface area contributed by atoms with Crippen LogP contribution in [0.1, 0.15) is 0 Å². The van der Waals surface area contributed by atoms with E-state index in [9.17, 15) is 0 Å². The largest absolute Gasteiger partial charge is 0.455 e. The van der Waals surface area contributed by atoms with E-state index >= 15 is 0 Å². The second-order valence-corrected chi connectivity index (χ2v) is 15.2. The fourth-order valence-corrected chi connectivity index (χ4v) is 8.78. The van der Waals surface area contributed by atoms with Crippen molar-refractivity contribution in [2.45, 2.75) is 0 Å². The molecule has 1 heterocycles. The van der Waals surface area contributed by atoms with Crippen LogP contribution in [0.25, 0.3) is 88.3 Å². The molecule has 0 aliphatic rings. The second-order valence-electron chi connectivity index (χ2n) is 15.2. The number of furan rings is 1. The van der Waals surface area contributed by atoms with Crippen LogP contribution < -0.4 is 4.90 Å². The third kappa shape index (κ3) is 6.32. The van der Waals surface area contributed by atoms with Crippen LogP contribution in [0.5, 0.6) is 0 Å². The van der Waals surface area contributed by atoms with Gasteiger partial charge in [-0.3, -0.25) is 0 Å². The highest BCUT2D eigenvalue weighted by Crippen LogP contribution is 2.48. The van der Waals surface area contributed by atoms with Gasteiger partial charge in [-0.2, -0.15) is 0 Å². The molecule has 0 fully saturated rings. The van der Waals surface area contributed by atoms with Gasteiger partial charge in [-0.25, -0.2) is 0 Å². The molecule has 1 aromatic heterocycles. The molecule has 60 heavy (non-hydrogen) atoms. The summed E-state index contributed by atoms with van der Waals surface area (Å²) >= 11 is 0. The van der Waals surface area contributed by atoms with Gasteiger partial charge in [0, 0.05) is 38.8 Å². The van der Waals surface area contributed by atoms with Crippen molar-refractivity contribution in [2.75, 3.05) is 4.90 Å². The number of hydrogen-bond donors (Lipinski definition) is 0. The molecule has 0 atom stereocenters. The van der Waals surface area contributed by atoms with Crippen LogP contribution in [0.15, 0.2) is 241 Å². The summed E-state index contributed by atoms with van der Waals surface area (Å²) in [6.07, 6.45) is 0. The normalized spacial score (nSPS) is 11.3. The molecular formula is C58H39NO. The molecule has 2 heteroatoms. The molecule has 0 aliphatic heterocycles. The maximum Gasteiger partial charge on any atom is 0.143 e. The zero-order chi connectivity index (χ0) is 39.8. The van der Waals surface area contributed by atoms with Crippen LogP contribution in [0.4, 0.5) is 17.1 Å². The van der Waals surface area contributed by atoms with Gasteiger partial charge >= 0.3 is 0 Å². The number of fused-ring (bicyclic) bond motifs is 5. The molecule has 0 saturated carbocycles. The standard InChI is InChI=1S/C58H39NO/c1-4-14-40(15-5-1)43-28-34-48(35-29-43)59(49-36-30-44(31-37-49)41-16-6-2-7-17-41)50-38-32-45(33-39-50)42-24-26-47(27-25-42)55-51-20-10-11-21-52(51)58-57(53-22-12-13-23-54(53)60-58)56(55)46-18-8-3-9-19-46/h1-39H. The molecule has 0 N–H and O–H groups in total.